The molecule has 0 atom stereocenters. The normalized spacial score (nSPS) is 13.5. The quantitative estimate of drug-likeness (QED) is 0.315. The lowest BCUT2D eigenvalue weighted by Crippen LogP contribution is -2.30. The first-order valence-corrected chi connectivity index (χ1v) is 9.96. The van der Waals surface area contributed by atoms with Crippen molar-refractivity contribution in [2.24, 2.45) is 0 Å². The largest absolute Gasteiger partial charge is 0.465 e. The van der Waals surface area contributed by atoms with Gasteiger partial charge in [-0.25, -0.2) is 4.98 Å². The zero-order chi connectivity index (χ0) is 20.4. The number of methoxy groups -OCH3 is 2. The molecule has 0 spiro atoms. The molecule has 2 N–H and O–H groups in total. The predicted molar refractivity (Wildman–Crippen MR) is 108 cm³/mol. The van der Waals surface area contributed by atoms with Gasteiger partial charge in [0.1, 0.15) is 11.5 Å². The maximum atomic E-state index is 11.5. The summed E-state index contributed by atoms with van der Waals surface area (Å²) in [5.74, 6) is 0.756. The molecule has 1 aliphatic rings. The van der Waals surface area contributed by atoms with E-state index in [2.05, 4.69) is 16.7 Å². The number of aromatic nitrogens is 1. The molecule has 0 bridgehead atoms. The Labute approximate surface area is 167 Å². The van der Waals surface area contributed by atoms with E-state index >= 15 is 0 Å². The number of carbonyl (C=O) groups is 1. The maximum Gasteiger partial charge on any atom is 0.320 e. The van der Waals surface area contributed by atoms with Gasteiger partial charge >= 0.3 is 5.97 Å². The van der Waals surface area contributed by atoms with Crippen molar-refractivity contribution in [3.05, 3.63) is 22.9 Å². The van der Waals surface area contributed by atoms with E-state index in [-0.39, 0.29) is 5.97 Å². The van der Waals surface area contributed by atoms with Gasteiger partial charge in [-0.05, 0) is 63.5 Å². The maximum absolute atomic E-state index is 11.5. The molecule has 2 rings (SSSR count). The number of fused-ring (bicyclic) bond motifs is 1. The molecular formula is C20H34N4O4. The number of nitrogens with zero attached hydrogens (tertiary/aromatic N) is 2. The average molecular weight is 395 g/mol. The van der Waals surface area contributed by atoms with E-state index in [9.17, 15) is 4.79 Å². The van der Waals surface area contributed by atoms with Gasteiger partial charge in [-0.3, -0.25) is 9.69 Å². The highest BCUT2D eigenvalue weighted by Gasteiger charge is 2.20. The minimum Gasteiger partial charge on any atom is -0.465 e. The molecule has 0 saturated heterocycles. The van der Waals surface area contributed by atoms with Gasteiger partial charge in [-0.2, -0.15) is 0 Å². The van der Waals surface area contributed by atoms with Gasteiger partial charge in [0.05, 0.1) is 13.2 Å². The summed E-state index contributed by atoms with van der Waals surface area (Å²) < 4.78 is 15.9. The van der Waals surface area contributed by atoms with E-state index in [0.717, 1.165) is 56.0 Å². The first kappa shape index (κ1) is 22.5. The molecule has 0 aromatic carbocycles. The van der Waals surface area contributed by atoms with Crippen LogP contribution in [0.1, 0.15) is 42.9 Å². The number of ether oxygens (including phenoxy) is 3. The van der Waals surface area contributed by atoms with Crippen LogP contribution >= 0.6 is 0 Å². The van der Waals surface area contributed by atoms with Crippen LogP contribution in [-0.4, -0.2) is 69.9 Å². The fourth-order valence-corrected chi connectivity index (χ4v) is 3.31. The summed E-state index contributed by atoms with van der Waals surface area (Å²) >= 11 is 0. The van der Waals surface area contributed by atoms with Crippen LogP contribution in [0.5, 0.6) is 0 Å². The van der Waals surface area contributed by atoms with Crippen molar-refractivity contribution >= 4 is 11.8 Å². The lowest BCUT2D eigenvalue weighted by molar-refractivity contribution is -0.144. The molecule has 0 amide bonds. The molecule has 1 aromatic heterocycles. The van der Waals surface area contributed by atoms with Gasteiger partial charge in [0, 0.05) is 27.3 Å². The lowest BCUT2D eigenvalue weighted by atomic mass is 10.0. The van der Waals surface area contributed by atoms with Crippen molar-refractivity contribution in [3.8, 4) is 0 Å². The standard InChI is InChI=1S/C20H34N4O4/c1-5-28-17(25)14-24(2)11-7-9-21-13-16-12-15-8-6-10-22-19(15)23-18(16)20(26-3)27-4/h12,20-21H,5-11,13-14H2,1-4H3,(H,22,23). The monoisotopic (exact) mass is 394 g/mol. The topological polar surface area (TPSA) is 85.0 Å². The van der Waals surface area contributed by atoms with Crippen LogP contribution < -0.4 is 10.6 Å². The van der Waals surface area contributed by atoms with Crippen LogP contribution in [0, 0.1) is 0 Å². The number of esters is 1. The molecule has 8 nitrogen and oxygen atoms in total. The summed E-state index contributed by atoms with van der Waals surface area (Å²) in [6.07, 6.45) is 2.60. The summed E-state index contributed by atoms with van der Waals surface area (Å²) in [6.45, 7) is 5.87. The minimum absolute atomic E-state index is 0.179. The second-order valence-corrected chi connectivity index (χ2v) is 6.95. The number of rotatable bonds is 12. The van der Waals surface area contributed by atoms with E-state index in [1.54, 1.807) is 14.2 Å². The van der Waals surface area contributed by atoms with Gasteiger partial charge < -0.3 is 24.8 Å². The number of carbonyl (C=O) groups excluding carboxylic acids is 1. The summed E-state index contributed by atoms with van der Waals surface area (Å²) in [7, 11) is 5.18. The molecule has 28 heavy (non-hydrogen) atoms. The lowest BCUT2D eigenvalue weighted by Gasteiger charge is -2.23. The van der Waals surface area contributed by atoms with Crippen molar-refractivity contribution in [1.29, 1.82) is 0 Å². The van der Waals surface area contributed by atoms with Gasteiger partial charge in [0.2, 0.25) is 6.29 Å². The molecule has 8 heteroatoms. The third-order valence-corrected chi connectivity index (χ3v) is 4.69. The Bertz CT molecular complexity index is 622. The van der Waals surface area contributed by atoms with Crippen molar-refractivity contribution in [2.45, 2.75) is 39.0 Å². The molecule has 0 unspecified atom stereocenters. The van der Waals surface area contributed by atoms with Crippen molar-refractivity contribution in [2.75, 3.05) is 59.4 Å². The fourth-order valence-electron chi connectivity index (χ4n) is 3.31. The third kappa shape index (κ3) is 6.70. The highest BCUT2D eigenvalue weighted by molar-refractivity contribution is 5.71. The predicted octanol–water partition coefficient (Wildman–Crippen LogP) is 1.71. The Hall–Kier alpha value is -1.74. The van der Waals surface area contributed by atoms with Crippen LogP contribution in [0.4, 0.5) is 5.82 Å². The fraction of sp³-hybridized carbons (Fsp3) is 0.700. The van der Waals surface area contributed by atoms with Crippen molar-refractivity contribution in [3.63, 3.8) is 0 Å². The highest BCUT2D eigenvalue weighted by Crippen LogP contribution is 2.27. The number of pyridine rings is 1. The molecule has 2 heterocycles. The molecule has 0 radical (unpaired) electrons. The van der Waals surface area contributed by atoms with Gasteiger partial charge in [0.15, 0.2) is 0 Å². The second kappa shape index (κ2) is 12.0. The van der Waals surface area contributed by atoms with Crippen molar-refractivity contribution < 1.29 is 19.0 Å². The van der Waals surface area contributed by atoms with Crippen LogP contribution in [-0.2, 0) is 32.0 Å². The number of anilines is 1. The number of likely N-dealkylation sites (N-methyl/N-ethyl adjacent to an activating group) is 1. The Morgan fingerprint density at radius 1 is 1.39 bits per heavy atom. The molecule has 0 fully saturated rings. The van der Waals surface area contributed by atoms with E-state index in [4.69, 9.17) is 19.2 Å². The first-order chi connectivity index (χ1) is 13.6. The highest BCUT2D eigenvalue weighted by atomic mass is 16.7. The van der Waals surface area contributed by atoms with Crippen LogP contribution in [0.2, 0.25) is 0 Å². The smallest absolute Gasteiger partial charge is 0.320 e. The minimum atomic E-state index is -0.485. The Morgan fingerprint density at radius 2 is 2.18 bits per heavy atom. The van der Waals surface area contributed by atoms with Gasteiger partial charge in [0.25, 0.3) is 0 Å². The van der Waals surface area contributed by atoms with E-state index in [1.165, 1.54) is 5.56 Å². The average Bonchev–Trinajstić information content (AvgIpc) is 2.68. The summed E-state index contributed by atoms with van der Waals surface area (Å²) in [4.78, 5) is 18.2. The summed E-state index contributed by atoms with van der Waals surface area (Å²) in [5, 5.41) is 6.83. The summed E-state index contributed by atoms with van der Waals surface area (Å²) in [6, 6.07) is 2.20. The molecule has 158 valence electrons. The van der Waals surface area contributed by atoms with Crippen molar-refractivity contribution in [1.82, 2.24) is 15.2 Å². The zero-order valence-corrected chi connectivity index (χ0v) is 17.5. The Balaban J connectivity index is 1.88. The number of aryl methyl sites for hydroxylation is 1. The molecule has 0 aliphatic carbocycles. The van der Waals surface area contributed by atoms with E-state index in [1.807, 2.05) is 18.9 Å². The van der Waals surface area contributed by atoms with Gasteiger partial charge in [-0.15, -0.1) is 0 Å². The first-order valence-electron chi connectivity index (χ1n) is 9.96. The van der Waals surface area contributed by atoms with Crippen LogP contribution in [0.3, 0.4) is 0 Å². The number of hydrogen-bond acceptors (Lipinski definition) is 8. The van der Waals surface area contributed by atoms with E-state index < -0.39 is 6.29 Å². The van der Waals surface area contributed by atoms with Crippen LogP contribution in [0.25, 0.3) is 0 Å². The zero-order valence-electron chi connectivity index (χ0n) is 17.5. The van der Waals surface area contributed by atoms with Crippen LogP contribution in [0.15, 0.2) is 6.07 Å². The molecule has 1 aromatic rings. The second-order valence-electron chi connectivity index (χ2n) is 6.95. The third-order valence-electron chi connectivity index (χ3n) is 4.69. The number of hydrogen-bond donors (Lipinski definition) is 2. The molecular weight excluding hydrogens is 360 g/mol. The van der Waals surface area contributed by atoms with Gasteiger partial charge in [-0.1, -0.05) is 0 Å². The Kier molecular flexibility index (Phi) is 9.63. The SMILES string of the molecule is CCOC(=O)CN(C)CCCNCc1cc2c(nc1C(OC)OC)NCCC2. The van der Waals surface area contributed by atoms with E-state index in [0.29, 0.717) is 19.7 Å². The molecule has 1 aliphatic heterocycles. The summed E-state index contributed by atoms with van der Waals surface area (Å²) in [5.41, 5.74) is 3.15. The Morgan fingerprint density at radius 3 is 2.89 bits per heavy atom. The molecule has 0 saturated carbocycles. The number of nitrogens with one attached hydrogen (secondary N) is 2.